The SMILES string of the molecule is C=C(C)c1c(OC)ccc2c(-c3c(Cl)cc([N+](=O)[O-])cc3Cl)cccc12. The highest BCUT2D eigenvalue weighted by Crippen LogP contribution is 2.43. The standard InChI is InChI=1S/C20H15Cl2NO3/c1-11(2)19-14-5-4-6-15(13(14)7-8-18(19)26-3)20-16(21)9-12(23(24)25)10-17(20)22/h4-10H,1H2,2-3H3. The average molecular weight is 388 g/mol. The minimum absolute atomic E-state index is 0.145. The molecule has 3 aromatic carbocycles. The summed E-state index contributed by atoms with van der Waals surface area (Å²) in [5.74, 6) is 0.725. The molecule has 0 atom stereocenters. The van der Waals surface area contributed by atoms with Crippen molar-refractivity contribution < 1.29 is 9.66 Å². The normalized spacial score (nSPS) is 10.8. The molecule has 0 amide bonds. The zero-order valence-corrected chi connectivity index (χ0v) is 15.7. The largest absolute Gasteiger partial charge is 0.496 e. The van der Waals surface area contributed by atoms with Crippen molar-refractivity contribution in [2.75, 3.05) is 7.11 Å². The highest BCUT2D eigenvalue weighted by Gasteiger charge is 2.19. The predicted octanol–water partition coefficient (Wildman–Crippen LogP) is 6.76. The smallest absolute Gasteiger partial charge is 0.272 e. The molecule has 0 aliphatic rings. The van der Waals surface area contributed by atoms with Crippen molar-refractivity contribution in [2.45, 2.75) is 6.92 Å². The van der Waals surface area contributed by atoms with E-state index in [1.807, 2.05) is 37.3 Å². The number of rotatable bonds is 4. The van der Waals surface area contributed by atoms with Gasteiger partial charge in [-0.1, -0.05) is 54.0 Å². The quantitative estimate of drug-likeness (QED) is 0.366. The van der Waals surface area contributed by atoms with Crippen molar-refractivity contribution in [3.63, 3.8) is 0 Å². The molecule has 3 aromatic rings. The number of fused-ring (bicyclic) bond motifs is 1. The first kappa shape index (κ1) is 18.2. The summed E-state index contributed by atoms with van der Waals surface area (Å²) in [6, 6.07) is 12.1. The molecule has 0 fully saturated rings. The first-order valence-electron chi connectivity index (χ1n) is 7.74. The van der Waals surface area contributed by atoms with Gasteiger partial charge in [0.1, 0.15) is 5.75 Å². The molecule has 4 nitrogen and oxygen atoms in total. The maximum atomic E-state index is 11.0. The Labute approximate surface area is 160 Å². The lowest BCUT2D eigenvalue weighted by Crippen LogP contribution is -1.94. The maximum absolute atomic E-state index is 11.0. The monoisotopic (exact) mass is 387 g/mol. The van der Waals surface area contributed by atoms with Crippen LogP contribution >= 0.6 is 23.2 Å². The molecular formula is C20H15Cl2NO3. The summed E-state index contributed by atoms with van der Waals surface area (Å²) < 4.78 is 5.46. The summed E-state index contributed by atoms with van der Waals surface area (Å²) >= 11 is 12.7. The van der Waals surface area contributed by atoms with Crippen LogP contribution in [0.2, 0.25) is 10.0 Å². The lowest BCUT2D eigenvalue weighted by Gasteiger charge is -2.16. The van der Waals surface area contributed by atoms with Gasteiger partial charge in [0.05, 0.1) is 22.1 Å². The van der Waals surface area contributed by atoms with Crippen LogP contribution in [0.5, 0.6) is 5.75 Å². The number of ether oxygens (including phenoxy) is 1. The van der Waals surface area contributed by atoms with Gasteiger partial charge in [0.15, 0.2) is 0 Å². The number of hydrogen-bond acceptors (Lipinski definition) is 3. The number of hydrogen-bond donors (Lipinski definition) is 0. The fourth-order valence-corrected chi connectivity index (χ4v) is 3.77. The molecule has 0 aliphatic carbocycles. The van der Waals surface area contributed by atoms with E-state index in [1.165, 1.54) is 12.1 Å². The molecule has 0 saturated carbocycles. The number of methoxy groups -OCH3 is 1. The van der Waals surface area contributed by atoms with Crippen molar-refractivity contribution in [1.82, 2.24) is 0 Å². The Morgan fingerprint density at radius 2 is 1.77 bits per heavy atom. The van der Waals surface area contributed by atoms with E-state index in [1.54, 1.807) is 7.11 Å². The molecule has 26 heavy (non-hydrogen) atoms. The fourth-order valence-electron chi connectivity index (χ4n) is 3.09. The lowest BCUT2D eigenvalue weighted by atomic mass is 9.93. The zero-order valence-electron chi connectivity index (χ0n) is 14.2. The first-order chi connectivity index (χ1) is 12.3. The highest BCUT2D eigenvalue weighted by atomic mass is 35.5. The second kappa shape index (κ2) is 6.98. The van der Waals surface area contributed by atoms with Crippen molar-refractivity contribution in [3.8, 4) is 16.9 Å². The van der Waals surface area contributed by atoms with Crippen molar-refractivity contribution in [2.24, 2.45) is 0 Å². The predicted molar refractivity (Wildman–Crippen MR) is 107 cm³/mol. The number of allylic oxidation sites excluding steroid dienone is 1. The van der Waals surface area contributed by atoms with Crippen LogP contribution < -0.4 is 4.74 Å². The molecule has 0 spiro atoms. The lowest BCUT2D eigenvalue weighted by molar-refractivity contribution is -0.384. The van der Waals surface area contributed by atoms with Gasteiger partial charge in [-0.3, -0.25) is 10.1 Å². The van der Waals surface area contributed by atoms with E-state index < -0.39 is 4.92 Å². The van der Waals surface area contributed by atoms with Crippen LogP contribution in [0.1, 0.15) is 12.5 Å². The molecule has 0 unspecified atom stereocenters. The van der Waals surface area contributed by atoms with Gasteiger partial charge in [-0.05, 0) is 34.9 Å². The number of nitro benzene ring substituents is 1. The van der Waals surface area contributed by atoms with Gasteiger partial charge in [-0.25, -0.2) is 0 Å². The Balaban J connectivity index is 2.36. The fraction of sp³-hybridized carbons (Fsp3) is 0.100. The molecule has 0 bridgehead atoms. The Kier molecular flexibility index (Phi) is 4.90. The summed E-state index contributed by atoms with van der Waals surface area (Å²) in [6.45, 7) is 5.96. The molecule has 0 radical (unpaired) electrons. The Morgan fingerprint density at radius 3 is 2.31 bits per heavy atom. The van der Waals surface area contributed by atoms with Gasteiger partial charge in [0, 0.05) is 23.3 Å². The number of non-ortho nitro benzene ring substituents is 1. The van der Waals surface area contributed by atoms with Gasteiger partial charge in [0.2, 0.25) is 0 Å². The van der Waals surface area contributed by atoms with Crippen molar-refractivity contribution >= 4 is 45.2 Å². The van der Waals surface area contributed by atoms with E-state index in [0.29, 0.717) is 5.56 Å². The highest BCUT2D eigenvalue weighted by molar-refractivity contribution is 6.40. The summed E-state index contributed by atoms with van der Waals surface area (Å²) in [4.78, 5) is 10.5. The van der Waals surface area contributed by atoms with Crippen LogP contribution in [-0.4, -0.2) is 12.0 Å². The zero-order chi connectivity index (χ0) is 19.0. The molecular weight excluding hydrogens is 373 g/mol. The molecule has 0 heterocycles. The van der Waals surface area contributed by atoms with Gasteiger partial charge >= 0.3 is 0 Å². The van der Waals surface area contributed by atoms with Crippen LogP contribution in [0, 0.1) is 10.1 Å². The summed E-state index contributed by atoms with van der Waals surface area (Å²) in [7, 11) is 1.61. The van der Waals surface area contributed by atoms with Crippen LogP contribution in [0.25, 0.3) is 27.5 Å². The maximum Gasteiger partial charge on any atom is 0.272 e. The Morgan fingerprint density at radius 1 is 1.12 bits per heavy atom. The molecule has 0 saturated heterocycles. The van der Waals surface area contributed by atoms with Crippen LogP contribution in [0.15, 0.2) is 49.0 Å². The molecule has 0 aliphatic heterocycles. The van der Waals surface area contributed by atoms with E-state index in [2.05, 4.69) is 6.58 Å². The van der Waals surface area contributed by atoms with Crippen molar-refractivity contribution in [1.29, 1.82) is 0 Å². The first-order valence-corrected chi connectivity index (χ1v) is 8.50. The number of halogens is 2. The molecule has 132 valence electrons. The van der Waals surface area contributed by atoms with Gasteiger partial charge in [0.25, 0.3) is 5.69 Å². The third-order valence-electron chi connectivity index (χ3n) is 4.18. The van der Waals surface area contributed by atoms with E-state index >= 15 is 0 Å². The topological polar surface area (TPSA) is 52.4 Å². The molecule has 0 N–H and O–H groups in total. The Bertz CT molecular complexity index is 1040. The molecule has 0 aromatic heterocycles. The Hall–Kier alpha value is -2.56. The third-order valence-corrected chi connectivity index (χ3v) is 4.77. The minimum Gasteiger partial charge on any atom is -0.496 e. The molecule has 6 heteroatoms. The molecule has 3 rings (SSSR count). The number of nitro groups is 1. The van der Waals surface area contributed by atoms with Crippen LogP contribution in [-0.2, 0) is 0 Å². The second-order valence-electron chi connectivity index (χ2n) is 5.87. The van der Waals surface area contributed by atoms with Gasteiger partial charge in [-0.2, -0.15) is 0 Å². The number of nitrogens with zero attached hydrogens (tertiary/aromatic N) is 1. The van der Waals surface area contributed by atoms with E-state index in [-0.39, 0.29) is 15.7 Å². The van der Waals surface area contributed by atoms with E-state index in [9.17, 15) is 10.1 Å². The van der Waals surface area contributed by atoms with E-state index in [0.717, 1.165) is 33.2 Å². The van der Waals surface area contributed by atoms with Gasteiger partial charge in [-0.15, -0.1) is 0 Å². The summed E-state index contributed by atoms with van der Waals surface area (Å²) in [5.41, 5.74) is 2.97. The summed E-state index contributed by atoms with van der Waals surface area (Å²) in [5, 5.41) is 13.3. The van der Waals surface area contributed by atoms with Gasteiger partial charge < -0.3 is 4.74 Å². The van der Waals surface area contributed by atoms with E-state index in [4.69, 9.17) is 27.9 Å². The summed E-state index contributed by atoms with van der Waals surface area (Å²) in [6.07, 6.45) is 0. The second-order valence-corrected chi connectivity index (χ2v) is 6.68. The number of benzene rings is 3. The van der Waals surface area contributed by atoms with Crippen LogP contribution in [0.3, 0.4) is 0 Å². The third kappa shape index (κ3) is 3.02. The minimum atomic E-state index is -0.519. The average Bonchev–Trinajstić information content (AvgIpc) is 2.59. The van der Waals surface area contributed by atoms with Crippen LogP contribution in [0.4, 0.5) is 5.69 Å². The van der Waals surface area contributed by atoms with Crippen molar-refractivity contribution in [3.05, 3.63) is 74.8 Å².